The summed E-state index contributed by atoms with van der Waals surface area (Å²) >= 11 is 1.86. The number of aryl methyl sites for hydroxylation is 3. The van der Waals surface area contributed by atoms with E-state index < -0.39 is 0 Å². The molecule has 18 heavy (non-hydrogen) atoms. The summed E-state index contributed by atoms with van der Waals surface area (Å²) in [5, 5.41) is 8.10. The van der Waals surface area contributed by atoms with Crippen molar-refractivity contribution in [2.24, 2.45) is 5.73 Å². The van der Waals surface area contributed by atoms with E-state index in [-0.39, 0.29) is 6.04 Å². The zero-order valence-corrected chi connectivity index (χ0v) is 11.4. The SMILES string of the molecule is CCCn1nncc1C(N)c1cc2c(s1)CCC2. The van der Waals surface area contributed by atoms with Gasteiger partial charge in [-0.25, -0.2) is 4.68 Å². The van der Waals surface area contributed by atoms with Gasteiger partial charge >= 0.3 is 0 Å². The third-order valence-corrected chi connectivity index (χ3v) is 4.79. The van der Waals surface area contributed by atoms with Crippen molar-refractivity contribution >= 4 is 11.3 Å². The molecule has 2 heterocycles. The molecular weight excluding hydrogens is 244 g/mol. The Morgan fingerprint density at radius 2 is 2.39 bits per heavy atom. The van der Waals surface area contributed by atoms with E-state index in [0.29, 0.717) is 0 Å². The second-order valence-corrected chi connectivity index (χ2v) is 5.98. The lowest BCUT2D eigenvalue weighted by Crippen LogP contribution is -2.16. The van der Waals surface area contributed by atoms with Gasteiger partial charge in [0.25, 0.3) is 0 Å². The molecule has 0 amide bonds. The Hall–Kier alpha value is -1.20. The van der Waals surface area contributed by atoms with Crippen LogP contribution in [0.5, 0.6) is 0 Å². The average Bonchev–Trinajstić information content (AvgIpc) is 3.02. The standard InChI is InChI=1S/C13H18N4S/c1-2-6-17-10(8-15-16-17)13(14)12-7-9-4-3-5-11(9)18-12/h7-8,13H,2-6,14H2,1H3. The fourth-order valence-electron chi connectivity index (χ4n) is 2.54. The first kappa shape index (κ1) is 11.9. The maximum Gasteiger partial charge on any atom is 0.0833 e. The molecule has 1 atom stereocenters. The molecule has 96 valence electrons. The van der Waals surface area contributed by atoms with Gasteiger partial charge in [-0.1, -0.05) is 12.1 Å². The normalized spacial score (nSPS) is 15.9. The fourth-order valence-corrected chi connectivity index (χ4v) is 3.82. The molecular formula is C13H18N4S. The Morgan fingerprint density at radius 1 is 1.50 bits per heavy atom. The predicted molar refractivity (Wildman–Crippen MR) is 72.7 cm³/mol. The lowest BCUT2D eigenvalue weighted by Gasteiger charge is -2.11. The number of thiophene rings is 1. The number of fused-ring (bicyclic) bond motifs is 1. The van der Waals surface area contributed by atoms with Gasteiger partial charge in [-0.2, -0.15) is 0 Å². The van der Waals surface area contributed by atoms with Crippen molar-refractivity contribution in [1.29, 1.82) is 0 Å². The van der Waals surface area contributed by atoms with Crippen LogP contribution in [-0.4, -0.2) is 15.0 Å². The van der Waals surface area contributed by atoms with Crippen molar-refractivity contribution < 1.29 is 0 Å². The number of rotatable bonds is 4. The van der Waals surface area contributed by atoms with Crippen LogP contribution in [0.3, 0.4) is 0 Å². The molecule has 0 aliphatic heterocycles. The molecule has 0 spiro atoms. The third kappa shape index (κ3) is 1.97. The average molecular weight is 262 g/mol. The van der Waals surface area contributed by atoms with Crippen LogP contribution in [0.2, 0.25) is 0 Å². The van der Waals surface area contributed by atoms with Crippen LogP contribution in [0.4, 0.5) is 0 Å². The van der Waals surface area contributed by atoms with Crippen molar-refractivity contribution in [2.45, 2.75) is 45.2 Å². The summed E-state index contributed by atoms with van der Waals surface area (Å²) < 4.78 is 1.93. The van der Waals surface area contributed by atoms with Crippen LogP contribution in [0.15, 0.2) is 12.3 Å². The Labute approximate surface area is 111 Å². The lowest BCUT2D eigenvalue weighted by molar-refractivity contribution is 0.545. The van der Waals surface area contributed by atoms with E-state index >= 15 is 0 Å². The molecule has 2 aromatic heterocycles. The summed E-state index contributed by atoms with van der Waals surface area (Å²) in [6.07, 6.45) is 6.57. The molecule has 0 saturated heterocycles. The van der Waals surface area contributed by atoms with Crippen molar-refractivity contribution in [1.82, 2.24) is 15.0 Å². The summed E-state index contributed by atoms with van der Waals surface area (Å²) in [7, 11) is 0. The molecule has 1 aliphatic carbocycles. The number of hydrogen-bond donors (Lipinski definition) is 1. The third-order valence-electron chi connectivity index (χ3n) is 3.47. The van der Waals surface area contributed by atoms with Crippen molar-refractivity contribution in [3.05, 3.63) is 33.3 Å². The molecule has 0 fully saturated rings. The van der Waals surface area contributed by atoms with Gasteiger partial charge in [-0.05, 0) is 37.3 Å². The molecule has 2 N–H and O–H groups in total. The smallest absolute Gasteiger partial charge is 0.0833 e. The van der Waals surface area contributed by atoms with Crippen LogP contribution in [-0.2, 0) is 19.4 Å². The molecule has 0 aromatic carbocycles. The minimum atomic E-state index is -0.0813. The first-order valence-electron chi connectivity index (χ1n) is 6.55. The second-order valence-electron chi connectivity index (χ2n) is 4.81. The highest BCUT2D eigenvalue weighted by atomic mass is 32.1. The lowest BCUT2D eigenvalue weighted by atomic mass is 10.1. The molecule has 1 aliphatic rings. The Bertz CT molecular complexity index is 521. The number of hydrogen-bond acceptors (Lipinski definition) is 4. The Balaban J connectivity index is 1.88. The zero-order chi connectivity index (χ0) is 12.5. The quantitative estimate of drug-likeness (QED) is 0.919. The van der Waals surface area contributed by atoms with Gasteiger partial charge in [0.05, 0.1) is 17.9 Å². The summed E-state index contributed by atoms with van der Waals surface area (Å²) in [6.45, 7) is 3.02. The van der Waals surface area contributed by atoms with Gasteiger partial charge in [-0.3, -0.25) is 0 Å². The molecule has 0 radical (unpaired) electrons. The summed E-state index contributed by atoms with van der Waals surface area (Å²) in [5.74, 6) is 0. The first-order chi connectivity index (χ1) is 8.79. The van der Waals surface area contributed by atoms with Gasteiger partial charge in [0.2, 0.25) is 0 Å². The summed E-state index contributed by atoms with van der Waals surface area (Å²) in [4.78, 5) is 2.77. The van der Waals surface area contributed by atoms with Crippen molar-refractivity contribution in [3.63, 3.8) is 0 Å². The van der Waals surface area contributed by atoms with Crippen molar-refractivity contribution in [3.8, 4) is 0 Å². The van der Waals surface area contributed by atoms with Gasteiger partial charge < -0.3 is 5.73 Å². The van der Waals surface area contributed by atoms with Gasteiger partial charge in [0.1, 0.15) is 0 Å². The van der Waals surface area contributed by atoms with E-state index in [4.69, 9.17) is 5.73 Å². The summed E-state index contributed by atoms with van der Waals surface area (Å²) in [5.41, 5.74) is 8.89. The molecule has 2 aromatic rings. The van der Waals surface area contributed by atoms with E-state index in [9.17, 15) is 0 Å². The minimum Gasteiger partial charge on any atom is -0.318 e. The van der Waals surface area contributed by atoms with Gasteiger partial charge in [0, 0.05) is 16.3 Å². The van der Waals surface area contributed by atoms with Gasteiger partial charge in [-0.15, -0.1) is 16.4 Å². The largest absolute Gasteiger partial charge is 0.318 e. The van der Waals surface area contributed by atoms with Crippen LogP contribution in [0, 0.1) is 0 Å². The summed E-state index contributed by atoms with van der Waals surface area (Å²) in [6, 6.07) is 2.20. The number of aromatic nitrogens is 3. The molecule has 5 heteroatoms. The molecule has 3 rings (SSSR count). The van der Waals surface area contributed by atoms with E-state index in [1.807, 2.05) is 16.0 Å². The molecule has 0 bridgehead atoms. The van der Waals surface area contributed by atoms with Crippen LogP contribution in [0.25, 0.3) is 0 Å². The monoisotopic (exact) mass is 262 g/mol. The van der Waals surface area contributed by atoms with Crippen LogP contribution in [0.1, 0.15) is 46.8 Å². The van der Waals surface area contributed by atoms with E-state index in [2.05, 4.69) is 23.3 Å². The van der Waals surface area contributed by atoms with Gasteiger partial charge in [0.15, 0.2) is 0 Å². The fraction of sp³-hybridized carbons (Fsp3) is 0.538. The molecule has 4 nitrogen and oxygen atoms in total. The highest BCUT2D eigenvalue weighted by Gasteiger charge is 2.21. The van der Waals surface area contributed by atoms with Crippen molar-refractivity contribution in [2.75, 3.05) is 0 Å². The first-order valence-corrected chi connectivity index (χ1v) is 7.36. The Kier molecular flexibility index (Phi) is 3.18. The minimum absolute atomic E-state index is 0.0813. The molecule has 0 saturated carbocycles. The van der Waals surface area contributed by atoms with E-state index in [1.165, 1.54) is 34.6 Å². The van der Waals surface area contributed by atoms with Crippen LogP contribution < -0.4 is 5.73 Å². The van der Waals surface area contributed by atoms with E-state index in [1.54, 1.807) is 6.20 Å². The highest BCUT2D eigenvalue weighted by molar-refractivity contribution is 7.12. The maximum absolute atomic E-state index is 6.36. The Morgan fingerprint density at radius 3 is 3.17 bits per heavy atom. The second kappa shape index (κ2) is 4.82. The molecule has 1 unspecified atom stereocenters. The topological polar surface area (TPSA) is 56.7 Å². The number of nitrogens with two attached hydrogens (primary N) is 1. The van der Waals surface area contributed by atoms with E-state index in [0.717, 1.165) is 18.7 Å². The predicted octanol–water partition coefficient (Wildman–Crippen LogP) is 2.29. The number of nitrogens with zero attached hydrogens (tertiary/aromatic N) is 3. The maximum atomic E-state index is 6.36. The van der Waals surface area contributed by atoms with Crippen LogP contribution >= 0.6 is 11.3 Å². The highest BCUT2D eigenvalue weighted by Crippen LogP contribution is 2.34. The zero-order valence-electron chi connectivity index (χ0n) is 10.6.